The SMILES string of the molecule is Cc1cccc(C(C)C)c1N1CCC(O)CC1(C)C. The number of piperidine rings is 1. The largest absolute Gasteiger partial charge is 0.393 e. The molecule has 0 aliphatic carbocycles. The average molecular weight is 261 g/mol. The smallest absolute Gasteiger partial charge is 0.0579 e. The predicted molar refractivity (Wildman–Crippen MR) is 81.9 cm³/mol. The molecule has 1 aliphatic heterocycles. The van der Waals surface area contributed by atoms with Gasteiger partial charge in [0.2, 0.25) is 0 Å². The molecule has 1 saturated heterocycles. The zero-order valence-corrected chi connectivity index (χ0v) is 12.9. The van der Waals surface area contributed by atoms with Crippen LogP contribution in [0.4, 0.5) is 5.69 Å². The Balaban J connectivity index is 2.46. The Morgan fingerprint density at radius 2 is 2.00 bits per heavy atom. The first kappa shape index (κ1) is 14.4. The molecule has 0 bridgehead atoms. The molecule has 1 heterocycles. The Kier molecular flexibility index (Phi) is 3.91. The first-order valence-corrected chi connectivity index (χ1v) is 7.38. The van der Waals surface area contributed by atoms with Crippen molar-refractivity contribution in [2.75, 3.05) is 11.4 Å². The maximum Gasteiger partial charge on any atom is 0.0579 e. The van der Waals surface area contributed by atoms with Crippen LogP contribution >= 0.6 is 0 Å². The van der Waals surface area contributed by atoms with E-state index in [2.05, 4.69) is 57.7 Å². The normalized spacial score (nSPS) is 22.9. The second kappa shape index (κ2) is 5.16. The first-order valence-electron chi connectivity index (χ1n) is 7.38. The third kappa shape index (κ3) is 2.79. The summed E-state index contributed by atoms with van der Waals surface area (Å²) < 4.78 is 0. The Hall–Kier alpha value is -1.02. The van der Waals surface area contributed by atoms with Gasteiger partial charge in [0.25, 0.3) is 0 Å². The number of rotatable bonds is 2. The highest BCUT2D eigenvalue weighted by molar-refractivity contribution is 5.62. The van der Waals surface area contributed by atoms with Crippen molar-refractivity contribution < 1.29 is 5.11 Å². The van der Waals surface area contributed by atoms with Crippen LogP contribution in [0.25, 0.3) is 0 Å². The van der Waals surface area contributed by atoms with Gasteiger partial charge in [-0.2, -0.15) is 0 Å². The van der Waals surface area contributed by atoms with Crippen molar-refractivity contribution in [3.8, 4) is 0 Å². The molecule has 1 fully saturated rings. The molecule has 1 aromatic rings. The monoisotopic (exact) mass is 261 g/mol. The van der Waals surface area contributed by atoms with Gasteiger partial charge in [-0.25, -0.2) is 0 Å². The molecule has 2 nitrogen and oxygen atoms in total. The fourth-order valence-corrected chi connectivity index (χ4v) is 3.30. The molecule has 1 N–H and O–H groups in total. The van der Waals surface area contributed by atoms with E-state index in [0.717, 1.165) is 19.4 Å². The van der Waals surface area contributed by atoms with Gasteiger partial charge in [0.1, 0.15) is 0 Å². The van der Waals surface area contributed by atoms with E-state index < -0.39 is 0 Å². The maximum absolute atomic E-state index is 9.93. The molecular formula is C17H27NO. The molecule has 106 valence electrons. The number of hydrogen-bond donors (Lipinski definition) is 1. The summed E-state index contributed by atoms with van der Waals surface area (Å²) in [6, 6.07) is 6.59. The zero-order valence-electron chi connectivity index (χ0n) is 12.9. The maximum atomic E-state index is 9.93. The van der Waals surface area contributed by atoms with Gasteiger partial charge in [0, 0.05) is 17.8 Å². The topological polar surface area (TPSA) is 23.5 Å². The molecule has 0 radical (unpaired) electrons. The molecule has 1 aromatic carbocycles. The third-order valence-electron chi connectivity index (χ3n) is 4.31. The van der Waals surface area contributed by atoms with Crippen LogP contribution in [0.3, 0.4) is 0 Å². The molecule has 2 heteroatoms. The minimum absolute atomic E-state index is 0.0212. The number of anilines is 1. The van der Waals surface area contributed by atoms with E-state index in [1.165, 1.54) is 16.8 Å². The van der Waals surface area contributed by atoms with Gasteiger partial charge < -0.3 is 10.0 Å². The number of hydrogen-bond acceptors (Lipinski definition) is 2. The van der Waals surface area contributed by atoms with E-state index in [9.17, 15) is 5.11 Å². The minimum Gasteiger partial charge on any atom is -0.393 e. The number of benzene rings is 1. The van der Waals surface area contributed by atoms with Crippen LogP contribution in [0.1, 0.15) is 57.6 Å². The molecule has 0 spiro atoms. The molecule has 2 rings (SSSR count). The summed E-state index contributed by atoms with van der Waals surface area (Å²) in [7, 11) is 0. The highest BCUT2D eigenvalue weighted by atomic mass is 16.3. The number of aliphatic hydroxyl groups is 1. The van der Waals surface area contributed by atoms with Crippen molar-refractivity contribution in [3.05, 3.63) is 29.3 Å². The summed E-state index contributed by atoms with van der Waals surface area (Å²) >= 11 is 0. The lowest BCUT2D eigenvalue weighted by atomic mass is 9.85. The van der Waals surface area contributed by atoms with Crippen molar-refractivity contribution >= 4 is 5.69 Å². The van der Waals surface area contributed by atoms with E-state index >= 15 is 0 Å². The standard InChI is InChI=1S/C17H27NO/c1-12(2)15-8-6-7-13(3)16(15)18-10-9-14(19)11-17(18,4)5/h6-8,12,14,19H,9-11H2,1-5H3. The van der Waals surface area contributed by atoms with Crippen molar-refractivity contribution in [3.63, 3.8) is 0 Å². The Labute approximate surface area is 117 Å². The van der Waals surface area contributed by atoms with Crippen LogP contribution in [-0.4, -0.2) is 23.3 Å². The molecule has 1 unspecified atom stereocenters. The quantitative estimate of drug-likeness (QED) is 0.874. The number of para-hydroxylation sites is 1. The summed E-state index contributed by atoms with van der Waals surface area (Å²) in [5.41, 5.74) is 4.17. The summed E-state index contributed by atoms with van der Waals surface area (Å²) in [6.07, 6.45) is 1.56. The Morgan fingerprint density at radius 3 is 2.58 bits per heavy atom. The number of nitrogens with zero attached hydrogens (tertiary/aromatic N) is 1. The van der Waals surface area contributed by atoms with E-state index in [1.807, 2.05) is 0 Å². The average Bonchev–Trinajstić information content (AvgIpc) is 2.28. The zero-order chi connectivity index (χ0) is 14.2. The summed E-state index contributed by atoms with van der Waals surface area (Å²) in [5, 5.41) is 9.93. The second-order valence-electron chi connectivity index (χ2n) is 6.78. The number of aryl methyl sites for hydroxylation is 1. The highest BCUT2D eigenvalue weighted by Gasteiger charge is 2.35. The van der Waals surface area contributed by atoms with Gasteiger partial charge in [0.15, 0.2) is 0 Å². The van der Waals surface area contributed by atoms with E-state index in [0.29, 0.717) is 5.92 Å². The van der Waals surface area contributed by atoms with Crippen molar-refractivity contribution in [2.24, 2.45) is 0 Å². The van der Waals surface area contributed by atoms with Crippen molar-refractivity contribution in [1.82, 2.24) is 0 Å². The molecule has 19 heavy (non-hydrogen) atoms. The Morgan fingerprint density at radius 1 is 1.32 bits per heavy atom. The predicted octanol–water partition coefficient (Wildman–Crippen LogP) is 3.86. The fourth-order valence-electron chi connectivity index (χ4n) is 3.30. The summed E-state index contributed by atoms with van der Waals surface area (Å²) in [5.74, 6) is 0.526. The molecule has 0 aromatic heterocycles. The van der Waals surface area contributed by atoms with E-state index in [-0.39, 0.29) is 11.6 Å². The Bertz CT molecular complexity index is 451. The van der Waals surface area contributed by atoms with Gasteiger partial charge in [-0.05, 0) is 50.7 Å². The molecular weight excluding hydrogens is 234 g/mol. The van der Waals surface area contributed by atoms with Crippen LogP contribution in [0.5, 0.6) is 0 Å². The number of aliphatic hydroxyl groups excluding tert-OH is 1. The molecule has 1 atom stereocenters. The molecule has 1 aliphatic rings. The van der Waals surface area contributed by atoms with Crippen LogP contribution in [-0.2, 0) is 0 Å². The van der Waals surface area contributed by atoms with Crippen molar-refractivity contribution in [2.45, 2.75) is 65.0 Å². The van der Waals surface area contributed by atoms with Gasteiger partial charge in [-0.1, -0.05) is 32.0 Å². The van der Waals surface area contributed by atoms with Gasteiger partial charge >= 0.3 is 0 Å². The van der Waals surface area contributed by atoms with Gasteiger partial charge in [-0.15, -0.1) is 0 Å². The lowest BCUT2D eigenvalue weighted by molar-refractivity contribution is 0.107. The highest BCUT2D eigenvalue weighted by Crippen LogP contribution is 2.39. The van der Waals surface area contributed by atoms with E-state index in [4.69, 9.17) is 0 Å². The van der Waals surface area contributed by atoms with E-state index in [1.54, 1.807) is 0 Å². The third-order valence-corrected chi connectivity index (χ3v) is 4.31. The van der Waals surface area contributed by atoms with Crippen LogP contribution in [0.15, 0.2) is 18.2 Å². The first-order chi connectivity index (χ1) is 8.83. The van der Waals surface area contributed by atoms with Gasteiger partial charge in [-0.3, -0.25) is 0 Å². The fraction of sp³-hybridized carbons (Fsp3) is 0.647. The summed E-state index contributed by atoms with van der Waals surface area (Å²) in [6.45, 7) is 12.1. The van der Waals surface area contributed by atoms with Crippen molar-refractivity contribution in [1.29, 1.82) is 0 Å². The molecule has 0 saturated carbocycles. The minimum atomic E-state index is -0.155. The van der Waals surface area contributed by atoms with Gasteiger partial charge in [0.05, 0.1) is 6.10 Å². The lowest BCUT2D eigenvalue weighted by Crippen LogP contribution is -2.52. The second-order valence-corrected chi connectivity index (χ2v) is 6.78. The summed E-state index contributed by atoms with van der Waals surface area (Å²) in [4.78, 5) is 2.50. The van der Waals surface area contributed by atoms with Crippen LogP contribution < -0.4 is 4.90 Å². The molecule has 0 amide bonds. The lowest BCUT2D eigenvalue weighted by Gasteiger charge is -2.47. The van der Waals surface area contributed by atoms with Crippen LogP contribution in [0, 0.1) is 6.92 Å². The van der Waals surface area contributed by atoms with Crippen LogP contribution in [0.2, 0.25) is 0 Å².